The maximum absolute atomic E-state index is 12.4. The molecule has 0 amide bonds. The van der Waals surface area contributed by atoms with Crippen molar-refractivity contribution in [2.24, 2.45) is 0 Å². The molecule has 0 fully saturated rings. The van der Waals surface area contributed by atoms with Crippen LogP contribution in [0.5, 0.6) is 5.75 Å². The lowest BCUT2D eigenvalue weighted by Crippen LogP contribution is -2.01. The number of benzene rings is 2. The third-order valence-corrected chi connectivity index (χ3v) is 5.01. The van der Waals surface area contributed by atoms with Gasteiger partial charge >= 0.3 is 6.61 Å². The molecule has 0 aliphatic heterocycles. The van der Waals surface area contributed by atoms with Crippen molar-refractivity contribution in [2.45, 2.75) is 26.9 Å². The Morgan fingerprint density at radius 2 is 1.83 bits per heavy atom. The van der Waals surface area contributed by atoms with E-state index in [1.165, 1.54) is 21.6 Å². The van der Waals surface area contributed by atoms with Gasteiger partial charge < -0.3 is 4.74 Å². The van der Waals surface area contributed by atoms with Crippen molar-refractivity contribution in [1.29, 1.82) is 0 Å². The summed E-state index contributed by atoms with van der Waals surface area (Å²) >= 11 is 1.68. The first kappa shape index (κ1) is 16.7. The monoisotopic (exact) mass is 344 g/mol. The van der Waals surface area contributed by atoms with Gasteiger partial charge in [0.2, 0.25) is 0 Å². The van der Waals surface area contributed by atoms with Crippen LogP contribution < -0.4 is 4.74 Å². The molecule has 0 unspecified atom stereocenters. The zero-order valence-electron chi connectivity index (χ0n) is 13.6. The van der Waals surface area contributed by atoms with Crippen LogP contribution in [0, 0.1) is 13.8 Å². The Labute approximate surface area is 144 Å². The lowest BCUT2D eigenvalue weighted by atomic mass is 10.0. The molecule has 0 atom stereocenters. The molecule has 0 spiro atoms. The molecule has 1 nitrogen and oxygen atoms in total. The highest BCUT2D eigenvalue weighted by atomic mass is 32.1. The minimum atomic E-state index is -2.80. The SMILES string of the molecule is Cc1ccc(C)c(Cc2ccc(-c3cccc(OC(F)F)c3)s2)c1. The molecule has 0 aliphatic carbocycles. The molecule has 2 aromatic carbocycles. The molecule has 4 heteroatoms. The summed E-state index contributed by atoms with van der Waals surface area (Å²) in [5.74, 6) is 0.187. The smallest absolute Gasteiger partial charge is 0.387 e. The second-order valence-electron chi connectivity index (χ2n) is 5.78. The quantitative estimate of drug-likeness (QED) is 0.533. The Morgan fingerprint density at radius 1 is 1.00 bits per heavy atom. The van der Waals surface area contributed by atoms with Crippen LogP contribution in [0.15, 0.2) is 54.6 Å². The van der Waals surface area contributed by atoms with Gasteiger partial charge in [-0.05, 0) is 54.8 Å². The number of alkyl halides is 2. The number of thiophene rings is 1. The molecule has 1 heterocycles. The van der Waals surface area contributed by atoms with E-state index in [4.69, 9.17) is 0 Å². The number of halogens is 2. The predicted octanol–water partition coefficient (Wildman–Crippen LogP) is 6.22. The number of ether oxygens (including phenoxy) is 1. The molecule has 0 saturated heterocycles. The average molecular weight is 344 g/mol. The molecule has 1 aromatic heterocycles. The largest absolute Gasteiger partial charge is 0.435 e. The molecule has 0 N–H and O–H groups in total. The fraction of sp³-hybridized carbons (Fsp3) is 0.200. The highest BCUT2D eigenvalue weighted by Gasteiger charge is 2.09. The fourth-order valence-corrected chi connectivity index (χ4v) is 3.66. The summed E-state index contributed by atoms with van der Waals surface area (Å²) in [6.07, 6.45) is 0.880. The third-order valence-electron chi connectivity index (χ3n) is 3.87. The van der Waals surface area contributed by atoms with Crippen molar-refractivity contribution in [3.8, 4) is 16.2 Å². The van der Waals surface area contributed by atoms with Gasteiger partial charge in [-0.15, -0.1) is 11.3 Å². The Bertz CT molecular complexity index is 839. The average Bonchev–Trinajstić information content (AvgIpc) is 2.99. The van der Waals surface area contributed by atoms with Crippen molar-refractivity contribution in [3.05, 3.63) is 76.2 Å². The van der Waals surface area contributed by atoms with Crippen LogP contribution in [-0.2, 0) is 6.42 Å². The lowest BCUT2D eigenvalue weighted by molar-refractivity contribution is -0.0498. The molecule has 3 rings (SSSR count). The van der Waals surface area contributed by atoms with Gasteiger partial charge in [0, 0.05) is 16.2 Å². The van der Waals surface area contributed by atoms with E-state index in [9.17, 15) is 8.78 Å². The molecular weight excluding hydrogens is 326 g/mol. The Balaban J connectivity index is 1.82. The van der Waals surface area contributed by atoms with Gasteiger partial charge in [0.1, 0.15) is 5.75 Å². The van der Waals surface area contributed by atoms with Crippen molar-refractivity contribution in [2.75, 3.05) is 0 Å². The van der Waals surface area contributed by atoms with E-state index in [-0.39, 0.29) is 5.75 Å². The standard InChI is InChI=1S/C20H18F2OS/c1-13-6-7-14(2)16(10-13)12-18-8-9-19(24-18)15-4-3-5-17(11-15)23-20(21)22/h3-11,20H,12H2,1-2H3. The maximum atomic E-state index is 12.4. The van der Waals surface area contributed by atoms with Crippen molar-refractivity contribution in [3.63, 3.8) is 0 Å². The van der Waals surface area contributed by atoms with E-state index in [0.717, 1.165) is 16.9 Å². The lowest BCUT2D eigenvalue weighted by Gasteiger charge is -2.06. The van der Waals surface area contributed by atoms with Gasteiger partial charge in [-0.3, -0.25) is 0 Å². The molecule has 3 aromatic rings. The Hall–Kier alpha value is -2.20. The van der Waals surface area contributed by atoms with Crippen LogP contribution in [0.3, 0.4) is 0 Å². The van der Waals surface area contributed by atoms with Crippen molar-refractivity contribution < 1.29 is 13.5 Å². The summed E-state index contributed by atoms with van der Waals surface area (Å²) in [5.41, 5.74) is 4.75. The van der Waals surface area contributed by atoms with Gasteiger partial charge in [-0.25, -0.2) is 0 Å². The summed E-state index contributed by atoms with van der Waals surface area (Å²) in [6.45, 7) is 1.41. The maximum Gasteiger partial charge on any atom is 0.387 e. The van der Waals surface area contributed by atoms with Crippen LogP contribution in [0.1, 0.15) is 21.6 Å². The molecule has 24 heavy (non-hydrogen) atoms. The predicted molar refractivity (Wildman–Crippen MR) is 95.1 cm³/mol. The van der Waals surface area contributed by atoms with Crippen LogP contribution in [0.25, 0.3) is 10.4 Å². The van der Waals surface area contributed by atoms with Crippen LogP contribution >= 0.6 is 11.3 Å². The highest BCUT2D eigenvalue weighted by Crippen LogP contribution is 2.32. The molecule has 0 saturated carbocycles. The van der Waals surface area contributed by atoms with Crippen LogP contribution in [-0.4, -0.2) is 6.61 Å². The van der Waals surface area contributed by atoms with Gasteiger partial charge in [0.15, 0.2) is 0 Å². The molecule has 0 radical (unpaired) electrons. The summed E-state index contributed by atoms with van der Waals surface area (Å²) in [4.78, 5) is 2.30. The first-order chi connectivity index (χ1) is 11.5. The molecule has 124 valence electrons. The minimum absolute atomic E-state index is 0.187. The third kappa shape index (κ3) is 4.01. The summed E-state index contributed by atoms with van der Waals surface area (Å²) in [5, 5.41) is 0. The van der Waals surface area contributed by atoms with E-state index >= 15 is 0 Å². The van der Waals surface area contributed by atoms with Gasteiger partial charge in [-0.2, -0.15) is 8.78 Å². The van der Waals surface area contributed by atoms with E-state index in [0.29, 0.717) is 0 Å². The number of hydrogen-bond donors (Lipinski definition) is 0. The normalized spacial score (nSPS) is 11.0. The zero-order chi connectivity index (χ0) is 17.1. The number of hydrogen-bond acceptors (Lipinski definition) is 2. The van der Waals surface area contributed by atoms with Gasteiger partial charge in [-0.1, -0.05) is 35.9 Å². The summed E-state index contributed by atoms with van der Waals surface area (Å²) in [7, 11) is 0. The van der Waals surface area contributed by atoms with E-state index < -0.39 is 6.61 Å². The highest BCUT2D eigenvalue weighted by molar-refractivity contribution is 7.15. The molecular formula is C20H18F2OS. The summed E-state index contributed by atoms with van der Waals surface area (Å²) < 4.78 is 29.2. The Morgan fingerprint density at radius 3 is 2.62 bits per heavy atom. The van der Waals surface area contributed by atoms with Crippen molar-refractivity contribution in [1.82, 2.24) is 0 Å². The minimum Gasteiger partial charge on any atom is -0.435 e. The molecule has 0 aliphatic rings. The Kier molecular flexibility index (Phi) is 4.95. The molecule has 0 bridgehead atoms. The van der Waals surface area contributed by atoms with Crippen LogP contribution in [0.4, 0.5) is 8.78 Å². The zero-order valence-corrected chi connectivity index (χ0v) is 14.4. The number of aryl methyl sites for hydroxylation is 2. The van der Waals surface area contributed by atoms with E-state index in [1.54, 1.807) is 29.5 Å². The summed E-state index contributed by atoms with van der Waals surface area (Å²) in [6, 6.07) is 17.4. The van der Waals surface area contributed by atoms with Gasteiger partial charge in [0.25, 0.3) is 0 Å². The van der Waals surface area contributed by atoms with E-state index in [2.05, 4.69) is 42.8 Å². The van der Waals surface area contributed by atoms with Crippen LogP contribution in [0.2, 0.25) is 0 Å². The topological polar surface area (TPSA) is 9.23 Å². The second kappa shape index (κ2) is 7.14. The fourth-order valence-electron chi connectivity index (χ4n) is 2.63. The van der Waals surface area contributed by atoms with Crippen molar-refractivity contribution >= 4 is 11.3 Å². The first-order valence-electron chi connectivity index (χ1n) is 7.71. The second-order valence-corrected chi connectivity index (χ2v) is 6.95. The first-order valence-corrected chi connectivity index (χ1v) is 8.53. The van der Waals surface area contributed by atoms with Gasteiger partial charge in [0.05, 0.1) is 0 Å². The number of rotatable bonds is 5. The van der Waals surface area contributed by atoms with E-state index in [1.807, 2.05) is 12.1 Å².